The standard InChI is InChI=1S/C22H22N6OS/c1-13-9-16(11-26-19(13)17-6-8-24-14(2)10-17)12-28-22(20(23)29)30-21(27-28)18-5-4-7-25-15(18)3/h4-11,22H,12H2,1-3H3,(H2,23,29). The second-order valence-corrected chi connectivity index (χ2v) is 8.28. The van der Waals surface area contributed by atoms with E-state index in [4.69, 9.17) is 5.73 Å². The van der Waals surface area contributed by atoms with Gasteiger partial charge in [-0.3, -0.25) is 24.8 Å². The van der Waals surface area contributed by atoms with E-state index in [0.29, 0.717) is 6.54 Å². The van der Waals surface area contributed by atoms with Gasteiger partial charge in [-0.2, -0.15) is 5.10 Å². The molecule has 0 bridgehead atoms. The molecule has 152 valence electrons. The van der Waals surface area contributed by atoms with Gasteiger partial charge in [-0.15, -0.1) is 0 Å². The molecule has 1 unspecified atom stereocenters. The lowest BCUT2D eigenvalue weighted by molar-refractivity contribution is -0.120. The van der Waals surface area contributed by atoms with E-state index in [9.17, 15) is 4.79 Å². The lowest BCUT2D eigenvalue weighted by Crippen LogP contribution is -2.36. The van der Waals surface area contributed by atoms with E-state index < -0.39 is 11.3 Å². The second kappa shape index (κ2) is 8.23. The van der Waals surface area contributed by atoms with Crippen LogP contribution in [0.4, 0.5) is 0 Å². The number of carbonyl (C=O) groups excluding carboxylic acids is 1. The average Bonchev–Trinajstić information content (AvgIpc) is 3.12. The van der Waals surface area contributed by atoms with Crippen molar-refractivity contribution >= 4 is 22.7 Å². The Balaban J connectivity index is 1.61. The fourth-order valence-electron chi connectivity index (χ4n) is 3.41. The van der Waals surface area contributed by atoms with Crippen molar-refractivity contribution in [2.75, 3.05) is 0 Å². The van der Waals surface area contributed by atoms with Crippen LogP contribution in [-0.2, 0) is 11.3 Å². The summed E-state index contributed by atoms with van der Waals surface area (Å²) in [4.78, 5) is 25.3. The number of primary amides is 1. The first-order valence-electron chi connectivity index (χ1n) is 9.54. The number of hydrogen-bond acceptors (Lipinski definition) is 7. The summed E-state index contributed by atoms with van der Waals surface area (Å²) >= 11 is 1.35. The van der Waals surface area contributed by atoms with Gasteiger partial charge in [-0.1, -0.05) is 17.8 Å². The van der Waals surface area contributed by atoms with Gasteiger partial charge in [0.25, 0.3) is 5.91 Å². The number of hydrogen-bond donors (Lipinski definition) is 1. The third-order valence-corrected chi connectivity index (χ3v) is 6.07. The van der Waals surface area contributed by atoms with Crippen LogP contribution in [0.1, 0.15) is 28.1 Å². The first-order chi connectivity index (χ1) is 14.4. The summed E-state index contributed by atoms with van der Waals surface area (Å²) in [5, 5.41) is 6.58. The number of nitrogens with two attached hydrogens (primary N) is 1. The maximum absolute atomic E-state index is 12.1. The zero-order valence-corrected chi connectivity index (χ0v) is 17.8. The van der Waals surface area contributed by atoms with Crippen molar-refractivity contribution in [2.45, 2.75) is 32.7 Å². The Labute approximate surface area is 179 Å². The van der Waals surface area contributed by atoms with Crippen LogP contribution in [0, 0.1) is 20.8 Å². The molecule has 0 radical (unpaired) electrons. The van der Waals surface area contributed by atoms with Crippen molar-refractivity contribution in [3.05, 3.63) is 77.0 Å². The molecule has 8 heteroatoms. The van der Waals surface area contributed by atoms with E-state index in [2.05, 4.69) is 26.1 Å². The largest absolute Gasteiger partial charge is 0.367 e. The topological polar surface area (TPSA) is 97.4 Å². The summed E-state index contributed by atoms with van der Waals surface area (Å²) in [6, 6.07) is 9.85. The molecule has 1 amide bonds. The van der Waals surface area contributed by atoms with E-state index in [0.717, 1.165) is 44.4 Å². The molecule has 1 aliphatic rings. The molecule has 0 saturated carbocycles. The number of aromatic nitrogens is 3. The first kappa shape index (κ1) is 20.0. The lowest BCUT2D eigenvalue weighted by Gasteiger charge is -2.20. The highest BCUT2D eigenvalue weighted by Gasteiger charge is 2.33. The molecule has 2 N–H and O–H groups in total. The molecule has 0 aliphatic carbocycles. The van der Waals surface area contributed by atoms with Gasteiger partial charge in [0.05, 0.1) is 12.2 Å². The van der Waals surface area contributed by atoms with Gasteiger partial charge in [0.1, 0.15) is 5.04 Å². The van der Waals surface area contributed by atoms with Gasteiger partial charge < -0.3 is 5.73 Å². The highest BCUT2D eigenvalue weighted by molar-refractivity contribution is 8.15. The predicted molar refractivity (Wildman–Crippen MR) is 119 cm³/mol. The van der Waals surface area contributed by atoms with E-state index in [1.807, 2.05) is 51.2 Å². The quantitative estimate of drug-likeness (QED) is 0.683. The average molecular weight is 419 g/mol. The third kappa shape index (κ3) is 4.04. The van der Waals surface area contributed by atoms with Crippen LogP contribution in [-0.4, -0.2) is 36.3 Å². The number of pyridine rings is 3. The molecular formula is C22H22N6OS. The number of amides is 1. The summed E-state index contributed by atoms with van der Waals surface area (Å²) in [6.45, 7) is 6.35. The van der Waals surface area contributed by atoms with Crippen LogP contribution in [0.3, 0.4) is 0 Å². The number of nitrogens with zero attached hydrogens (tertiary/aromatic N) is 5. The number of thioether (sulfide) groups is 1. The molecule has 3 aromatic heterocycles. The van der Waals surface area contributed by atoms with Crippen LogP contribution < -0.4 is 5.73 Å². The van der Waals surface area contributed by atoms with Gasteiger partial charge >= 0.3 is 0 Å². The molecule has 0 saturated heterocycles. The Morgan fingerprint density at radius 3 is 2.67 bits per heavy atom. The first-order valence-corrected chi connectivity index (χ1v) is 10.4. The zero-order chi connectivity index (χ0) is 21.3. The summed E-state index contributed by atoms with van der Waals surface area (Å²) in [5.41, 5.74) is 12.3. The van der Waals surface area contributed by atoms with Crippen molar-refractivity contribution in [3.8, 4) is 11.3 Å². The third-order valence-electron chi connectivity index (χ3n) is 4.84. The normalized spacial score (nSPS) is 15.9. The lowest BCUT2D eigenvalue weighted by atomic mass is 10.1. The molecule has 4 rings (SSSR count). The van der Waals surface area contributed by atoms with E-state index in [1.165, 1.54) is 11.8 Å². The van der Waals surface area contributed by atoms with Crippen molar-refractivity contribution in [2.24, 2.45) is 10.8 Å². The minimum atomic E-state index is -0.567. The van der Waals surface area contributed by atoms with Crippen LogP contribution >= 0.6 is 11.8 Å². The van der Waals surface area contributed by atoms with E-state index in [-0.39, 0.29) is 0 Å². The molecule has 3 aromatic rings. The van der Waals surface area contributed by atoms with Crippen molar-refractivity contribution in [1.82, 2.24) is 20.0 Å². The Morgan fingerprint density at radius 2 is 1.97 bits per heavy atom. The van der Waals surface area contributed by atoms with Gasteiger partial charge in [0.2, 0.25) is 0 Å². The van der Waals surface area contributed by atoms with Gasteiger partial charge in [-0.25, -0.2) is 0 Å². The Morgan fingerprint density at radius 1 is 1.13 bits per heavy atom. The monoisotopic (exact) mass is 418 g/mol. The molecular weight excluding hydrogens is 396 g/mol. The molecule has 1 atom stereocenters. The molecule has 0 spiro atoms. The van der Waals surface area contributed by atoms with Gasteiger partial charge in [-0.05, 0) is 56.2 Å². The number of aryl methyl sites for hydroxylation is 3. The van der Waals surface area contributed by atoms with Crippen molar-refractivity contribution < 1.29 is 4.79 Å². The van der Waals surface area contributed by atoms with Gasteiger partial charge in [0, 0.05) is 41.1 Å². The van der Waals surface area contributed by atoms with Crippen LogP contribution in [0.25, 0.3) is 11.3 Å². The fourth-order valence-corrected chi connectivity index (χ4v) is 4.48. The number of carbonyl (C=O) groups is 1. The van der Waals surface area contributed by atoms with Crippen LogP contribution in [0.2, 0.25) is 0 Å². The molecule has 7 nitrogen and oxygen atoms in total. The second-order valence-electron chi connectivity index (χ2n) is 7.21. The highest BCUT2D eigenvalue weighted by atomic mass is 32.2. The fraction of sp³-hybridized carbons (Fsp3) is 0.227. The Hall–Kier alpha value is -3.26. The van der Waals surface area contributed by atoms with E-state index in [1.54, 1.807) is 17.4 Å². The van der Waals surface area contributed by atoms with Gasteiger partial charge in [0.15, 0.2) is 5.37 Å². The Bertz CT molecular complexity index is 1150. The molecule has 0 fully saturated rings. The SMILES string of the molecule is Cc1cc(-c2ncc(CN3N=C(c4cccnc4C)SC3C(N)=O)cc2C)ccn1. The Kier molecular flexibility index (Phi) is 5.50. The number of hydrazone groups is 1. The van der Waals surface area contributed by atoms with Crippen molar-refractivity contribution in [3.63, 3.8) is 0 Å². The van der Waals surface area contributed by atoms with Crippen molar-refractivity contribution in [1.29, 1.82) is 0 Å². The van der Waals surface area contributed by atoms with Crippen LogP contribution in [0.5, 0.6) is 0 Å². The minimum Gasteiger partial charge on any atom is -0.367 e. The summed E-state index contributed by atoms with van der Waals surface area (Å²) in [6.07, 6.45) is 5.35. The zero-order valence-electron chi connectivity index (χ0n) is 17.0. The summed E-state index contributed by atoms with van der Waals surface area (Å²) < 4.78 is 0. The summed E-state index contributed by atoms with van der Waals surface area (Å²) in [5.74, 6) is -0.422. The predicted octanol–water partition coefficient (Wildman–Crippen LogP) is 3.19. The maximum atomic E-state index is 12.1. The molecule has 1 aliphatic heterocycles. The minimum absolute atomic E-state index is 0.422. The highest BCUT2D eigenvalue weighted by Crippen LogP contribution is 2.32. The molecule has 0 aromatic carbocycles. The maximum Gasteiger partial charge on any atom is 0.252 e. The van der Waals surface area contributed by atoms with Crippen LogP contribution in [0.15, 0.2) is 54.0 Å². The number of rotatable bonds is 5. The molecule has 30 heavy (non-hydrogen) atoms. The summed E-state index contributed by atoms with van der Waals surface area (Å²) in [7, 11) is 0. The van der Waals surface area contributed by atoms with E-state index >= 15 is 0 Å². The smallest absolute Gasteiger partial charge is 0.252 e. The molecule has 4 heterocycles.